The Morgan fingerprint density at radius 2 is 2.19 bits per heavy atom. The highest BCUT2D eigenvalue weighted by Gasteiger charge is 2.11. The SMILES string of the molecule is CCC(N)c1cn(CC(=O)Nc2ccc(F)c(F)c2)nn1. The molecule has 0 saturated heterocycles. The van der Waals surface area contributed by atoms with Crippen molar-refractivity contribution in [1.29, 1.82) is 0 Å². The van der Waals surface area contributed by atoms with E-state index >= 15 is 0 Å². The summed E-state index contributed by atoms with van der Waals surface area (Å²) < 4.78 is 27.1. The van der Waals surface area contributed by atoms with Crippen molar-refractivity contribution < 1.29 is 13.6 Å². The quantitative estimate of drug-likeness (QED) is 0.877. The Hall–Kier alpha value is -2.35. The van der Waals surface area contributed by atoms with Gasteiger partial charge in [0.2, 0.25) is 5.91 Å². The van der Waals surface area contributed by atoms with Gasteiger partial charge in [-0.05, 0) is 18.6 Å². The molecule has 0 spiro atoms. The molecule has 1 unspecified atom stereocenters. The number of aromatic nitrogens is 3. The van der Waals surface area contributed by atoms with E-state index in [1.54, 1.807) is 6.20 Å². The van der Waals surface area contributed by atoms with Crippen LogP contribution in [0.3, 0.4) is 0 Å². The third-order valence-corrected chi connectivity index (χ3v) is 2.89. The van der Waals surface area contributed by atoms with Crippen molar-refractivity contribution in [3.05, 3.63) is 41.7 Å². The second-order valence-electron chi connectivity index (χ2n) is 4.53. The Kier molecular flexibility index (Phi) is 4.59. The number of carbonyl (C=O) groups is 1. The van der Waals surface area contributed by atoms with E-state index in [-0.39, 0.29) is 18.3 Å². The fourth-order valence-corrected chi connectivity index (χ4v) is 1.69. The number of amides is 1. The van der Waals surface area contributed by atoms with Crippen LogP contribution in [-0.2, 0) is 11.3 Å². The molecule has 112 valence electrons. The minimum atomic E-state index is -1.02. The van der Waals surface area contributed by atoms with Crippen LogP contribution in [0, 0.1) is 11.6 Å². The Balaban J connectivity index is 1.98. The van der Waals surface area contributed by atoms with Crippen LogP contribution in [-0.4, -0.2) is 20.9 Å². The Labute approximate surface area is 119 Å². The highest BCUT2D eigenvalue weighted by molar-refractivity contribution is 5.90. The van der Waals surface area contributed by atoms with Crippen LogP contribution in [0.1, 0.15) is 25.1 Å². The van der Waals surface area contributed by atoms with Crippen molar-refractivity contribution in [3.8, 4) is 0 Å². The zero-order valence-electron chi connectivity index (χ0n) is 11.4. The highest BCUT2D eigenvalue weighted by Crippen LogP contribution is 2.13. The normalized spacial score (nSPS) is 12.2. The van der Waals surface area contributed by atoms with Crippen LogP contribution in [0.25, 0.3) is 0 Å². The van der Waals surface area contributed by atoms with Gasteiger partial charge in [0.25, 0.3) is 0 Å². The Morgan fingerprint density at radius 1 is 1.43 bits per heavy atom. The predicted molar refractivity (Wildman–Crippen MR) is 72.2 cm³/mol. The second kappa shape index (κ2) is 6.40. The first-order chi connectivity index (χ1) is 9.99. The minimum absolute atomic E-state index is 0.0948. The van der Waals surface area contributed by atoms with Crippen molar-refractivity contribution in [2.24, 2.45) is 5.73 Å². The topological polar surface area (TPSA) is 85.8 Å². The van der Waals surface area contributed by atoms with Gasteiger partial charge in [-0.1, -0.05) is 12.1 Å². The summed E-state index contributed by atoms with van der Waals surface area (Å²) in [5, 5.41) is 10.1. The molecule has 1 aromatic carbocycles. The summed E-state index contributed by atoms with van der Waals surface area (Å²) in [6, 6.07) is 2.90. The predicted octanol–water partition coefficient (Wildman–Crippen LogP) is 1.60. The number of nitrogens with one attached hydrogen (secondary N) is 1. The molecule has 0 aliphatic rings. The largest absolute Gasteiger partial charge is 0.324 e. The summed E-state index contributed by atoms with van der Waals surface area (Å²) in [5.74, 6) is -2.42. The van der Waals surface area contributed by atoms with E-state index < -0.39 is 17.5 Å². The zero-order valence-corrected chi connectivity index (χ0v) is 11.4. The number of halogens is 2. The van der Waals surface area contributed by atoms with Gasteiger partial charge in [-0.15, -0.1) is 5.10 Å². The number of hydrogen-bond donors (Lipinski definition) is 2. The first-order valence-electron chi connectivity index (χ1n) is 6.40. The van der Waals surface area contributed by atoms with Crippen molar-refractivity contribution >= 4 is 11.6 Å². The fraction of sp³-hybridized carbons (Fsp3) is 0.308. The maximum Gasteiger partial charge on any atom is 0.246 e. The zero-order chi connectivity index (χ0) is 15.4. The second-order valence-corrected chi connectivity index (χ2v) is 4.53. The van der Waals surface area contributed by atoms with Crippen molar-refractivity contribution in [2.75, 3.05) is 5.32 Å². The molecule has 8 heteroatoms. The van der Waals surface area contributed by atoms with E-state index in [9.17, 15) is 13.6 Å². The number of benzene rings is 1. The molecule has 0 bridgehead atoms. The lowest BCUT2D eigenvalue weighted by molar-refractivity contribution is -0.116. The summed E-state index contributed by atoms with van der Waals surface area (Å²) in [6.07, 6.45) is 2.29. The van der Waals surface area contributed by atoms with E-state index in [1.165, 1.54) is 10.7 Å². The minimum Gasteiger partial charge on any atom is -0.324 e. The summed E-state index contributed by atoms with van der Waals surface area (Å²) in [4.78, 5) is 11.8. The third-order valence-electron chi connectivity index (χ3n) is 2.89. The molecule has 0 radical (unpaired) electrons. The molecule has 0 aliphatic heterocycles. The average Bonchev–Trinajstić information content (AvgIpc) is 2.90. The maximum atomic E-state index is 13.0. The van der Waals surface area contributed by atoms with Crippen LogP contribution >= 0.6 is 0 Å². The first kappa shape index (κ1) is 15.0. The van der Waals surface area contributed by atoms with E-state index in [0.717, 1.165) is 12.1 Å². The monoisotopic (exact) mass is 295 g/mol. The van der Waals surface area contributed by atoms with Gasteiger partial charge in [0.15, 0.2) is 11.6 Å². The molecule has 0 saturated carbocycles. The molecular weight excluding hydrogens is 280 g/mol. The molecule has 1 heterocycles. The van der Waals surface area contributed by atoms with E-state index in [2.05, 4.69) is 15.6 Å². The number of hydrogen-bond acceptors (Lipinski definition) is 4. The number of anilines is 1. The van der Waals surface area contributed by atoms with Gasteiger partial charge >= 0.3 is 0 Å². The van der Waals surface area contributed by atoms with Crippen LogP contribution in [0.5, 0.6) is 0 Å². The Bertz CT molecular complexity index is 643. The molecule has 0 fully saturated rings. The lowest BCUT2D eigenvalue weighted by Gasteiger charge is -2.05. The molecular formula is C13H15F2N5O. The number of rotatable bonds is 5. The number of carbonyl (C=O) groups excluding carboxylic acids is 1. The molecule has 3 N–H and O–H groups in total. The summed E-state index contributed by atoms with van der Waals surface area (Å²) in [5.41, 5.74) is 6.57. The highest BCUT2D eigenvalue weighted by atomic mass is 19.2. The molecule has 1 aromatic heterocycles. The van der Waals surface area contributed by atoms with Crippen molar-refractivity contribution in [3.63, 3.8) is 0 Å². The lowest BCUT2D eigenvalue weighted by atomic mass is 10.2. The standard InChI is InChI=1S/C13H15F2N5O/c1-2-11(16)12-6-20(19-18-12)7-13(21)17-8-3-4-9(14)10(15)5-8/h3-6,11H,2,7,16H2,1H3,(H,17,21). The average molecular weight is 295 g/mol. The van der Waals surface area contributed by atoms with Crippen LogP contribution < -0.4 is 11.1 Å². The number of nitrogens with two attached hydrogens (primary N) is 1. The molecule has 21 heavy (non-hydrogen) atoms. The van der Waals surface area contributed by atoms with E-state index in [1.807, 2.05) is 6.92 Å². The molecule has 1 atom stereocenters. The van der Waals surface area contributed by atoms with Crippen LogP contribution in [0.4, 0.5) is 14.5 Å². The first-order valence-corrected chi connectivity index (χ1v) is 6.40. The molecule has 2 aromatic rings. The fourth-order valence-electron chi connectivity index (χ4n) is 1.69. The van der Waals surface area contributed by atoms with Gasteiger partial charge in [0.05, 0.1) is 17.9 Å². The maximum absolute atomic E-state index is 13.0. The molecule has 1 amide bonds. The van der Waals surface area contributed by atoms with E-state index in [4.69, 9.17) is 5.73 Å². The Morgan fingerprint density at radius 3 is 2.86 bits per heavy atom. The lowest BCUT2D eigenvalue weighted by Crippen LogP contribution is -2.19. The van der Waals surface area contributed by atoms with Gasteiger partial charge < -0.3 is 11.1 Å². The van der Waals surface area contributed by atoms with Crippen LogP contribution in [0.2, 0.25) is 0 Å². The van der Waals surface area contributed by atoms with Crippen molar-refractivity contribution in [2.45, 2.75) is 25.9 Å². The number of nitrogens with zero attached hydrogens (tertiary/aromatic N) is 3. The van der Waals surface area contributed by atoms with Gasteiger partial charge in [-0.25, -0.2) is 13.5 Å². The van der Waals surface area contributed by atoms with Crippen LogP contribution in [0.15, 0.2) is 24.4 Å². The van der Waals surface area contributed by atoms with Gasteiger partial charge in [0, 0.05) is 11.8 Å². The van der Waals surface area contributed by atoms with E-state index in [0.29, 0.717) is 12.1 Å². The van der Waals surface area contributed by atoms with Gasteiger partial charge in [-0.2, -0.15) is 0 Å². The van der Waals surface area contributed by atoms with Gasteiger partial charge in [-0.3, -0.25) is 4.79 Å². The molecule has 6 nitrogen and oxygen atoms in total. The summed E-state index contributed by atoms with van der Waals surface area (Å²) in [6.45, 7) is 1.82. The van der Waals surface area contributed by atoms with Gasteiger partial charge in [0.1, 0.15) is 6.54 Å². The summed E-state index contributed by atoms with van der Waals surface area (Å²) in [7, 11) is 0. The molecule has 2 rings (SSSR count). The summed E-state index contributed by atoms with van der Waals surface area (Å²) >= 11 is 0. The van der Waals surface area contributed by atoms with Crippen molar-refractivity contribution in [1.82, 2.24) is 15.0 Å². The molecule has 0 aliphatic carbocycles. The third kappa shape index (κ3) is 3.82. The smallest absolute Gasteiger partial charge is 0.246 e.